The molecule has 3 aromatic rings. The summed E-state index contributed by atoms with van der Waals surface area (Å²) < 4.78 is 1.97. The largest absolute Gasteiger partial charge is 0.307 e. The minimum Gasteiger partial charge on any atom is -0.307 e. The second-order valence-electron chi connectivity index (χ2n) is 6.69. The third kappa shape index (κ3) is 3.52. The number of pyridine rings is 1. The molecule has 26 heavy (non-hydrogen) atoms. The first-order valence-electron chi connectivity index (χ1n) is 9.17. The molecule has 5 nitrogen and oxygen atoms in total. The van der Waals surface area contributed by atoms with Crippen LogP contribution in [0.4, 0.5) is 5.82 Å². The molecule has 1 aliphatic rings. The number of carbonyl (C=O) groups is 1. The maximum atomic E-state index is 12.4. The van der Waals surface area contributed by atoms with Crippen molar-refractivity contribution in [2.75, 3.05) is 5.32 Å². The number of aromatic nitrogens is 3. The predicted molar refractivity (Wildman–Crippen MR) is 104 cm³/mol. The highest BCUT2D eigenvalue weighted by Gasteiger charge is 2.18. The van der Waals surface area contributed by atoms with Crippen molar-refractivity contribution >= 4 is 28.7 Å². The number of nitrogens with one attached hydrogen (secondary N) is 1. The summed E-state index contributed by atoms with van der Waals surface area (Å²) in [7, 11) is 0. The molecule has 0 atom stereocenters. The number of nitrogens with zero attached hydrogens (tertiary/aromatic N) is 3. The molecule has 0 radical (unpaired) electrons. The van der Waals surface area contributed by atoms with Crippen molar-refractivity contribution < 1.29 is 4.79 Å². The predicted octanol–water partition coefficient (Wildman–Crippen LogP) is 4.59. The number of amides is 1. The molecule has 0 bridgehead atoms. The van der Waals surface area contributed by atoms with E-state index in [-0.39, 0.29) is 5.91 Å². The quantitative estimate of drug-likeness (QED) is 0.703. The number of fused-ring (bicyclic) bond motifs is 1. The molecular formula is C21H22N4O. The van der Waals surface area contributed by atoms with Crippen LogP contribution in [-0.4, -0.2) is 20.7 Å². The summed E-state index contributed by atoms with van der Waals surface area (Å²) >= 11 is 0. The molecule has 1 N–H and O–H groups in total. The van der Waals surface area contributed by atoms with Crippen molar-refractivity contribution in [3.8, 4) is 0 Å². The lowest BCUT2D eigenvalue weighted by molar-refractivity contribution is -0.111. The number of benzene rings is 1. The van der Waals surface area contributed by atoms with E-state index in [2.05, 4.69) is 15.4 Å². The summed E-state index contributed by atoms with van der Waals surface area (Å²) in [4.78, 5) is 16.7. The van der Waals surface area contributed by atoms with Gasteiger partial charge in [0.1, 0.15) is 5.82 Å². The molecule has 1 fully saturated rings. The molecule has 1 saturated carbocycles. The molecule has 0 saturated heterocycles. The van der Waals surface area contributed by atoms with E-state index in [0.717, 1.165) is 35.1 Å². The van der Waals surface area contributed by atoms with Gasteiger partial charge in [-0.05, 0) is 36.6 Å². The summed E-state index contributed by atoms with van der Waals surface area (Å²) in [6.45, 7) is 0. The van der Waals surface area contributed by atoms with E-state index >= 15 is 0 Å². The van der Waals surface area contributed by atoms with E-state index in [1.807, 2.05) is 47.2 Å². The second-order valence-corrected chi connectivity index (χ2v) is 6.69. The van der Waals surface area contributed by atoms with Crippen LogP contribution in [0.15, 0.2) is 54.9 Å². The molecule has 132 valence electrons. The second kappa shape index (κ2) is 7.52. The SMILES string of the molecule is O=C(/C=C/c1ccnc2ccccc12)Nc1ccnn1C1CCCCC1. The van der Waals surface area contributed by atoms with E-state index in [9.17, 15) is 4.79 Å². The van der Waals surface area contributed by atoms with Gasteiger partial charge >= 0.3 is 0 Å². The molecule has 1 aliphatic carbocycles. The van der Waals surface area contributed by atoms with Gasteiger partial charge in [-0.25, -0.2) is 4.68 Å². The zero-order valence-electron chi connectivity index (χ0n) is 14.6. The zero-order chi connectivity index (χ0) is 17.8. The Kier molecular flexibility index (Phi) is 4.78. The Hall–Kier alpha value is -2.95. The Morgan fingerprint density at radius 2 is 1.92 bits per heavy atom. The van der Waals surface area contributed by atoms with E-state index < -0.39 is 0 Å². The highest BCUT2D eigenvalue weighted by Crippen LogP contribution is 2.29. The van der Waals surface area contributed by atoms with Crippen LogP contribution in [0.3, 0.4) is 0 Å². The Morgan fingerprint density at radius 1 is 1.08 bits per heavy atom. The van der Waals surface area contributed by atoms with Crippen LogP contribution in [0.2, 0.25) is 0 Å². The fourth-order valence-electron chi connectivity index (χ4n) is 3.63. The van der Waals surface area contributed by atoms with Crippen molar-refractivity contribution in [1.29, 1.82) is 0 Å². The van der Waals surface area contributed by atoms with E-state index in [1.54, 1.807) is 18.5 Å². The summed E-state index contributed by atoms with van der Waals surface area (Å²) in [6, 6.07) is 12.1. The first-order valence-corrected chi connectivity index (χ1v) is 9.17. The molecule has 1 amide bonds. The van der Waals surface area contributed by atoms with Crippen LogP contribution in [0.1, 0.15) is 43.7 Å². The summed E-state index contributed by atoms with van der Waals surface area (Å²) in [6.07, 6.45) is 12.9. The van der Waals surface area contributed by atoms with Gasteiger partial charge in [0, 0.05) is 23.7 Å². The zero-order valence-corrected chi connectivity index (χ0v) is 14.6. The Balaban J connectivity index is 1.49. The fraction of sp³-hybridized carbons (Fsp3) is 0.286. The first kappa shape index (κ1) is 16.5. The van der Waals surface area contributed by atoms with Crippen molar-refractivity contribution in [1.82, 2.24) is 14.8 Å². The van der Waals surface area contributed by atoms with Crippen LogP contribution in [0.25, 0.3) is 17.0 Å². The van der Waals surface area contributed by atoms with E-state index in [4.69, 9.17) is 0 Å². The monoisotopic (exact) mass is 346 g/mol. The number of rotatable bonds is 4. The van der Waals surface area contributed by atoms with Gasteiger partial charge in [-0.2, -0.15) is 5.10 Å². The van der Waals surface area contributed by atoms with Crippen molar-refractivity contribution in [3.05, 3.63) is 60.4 Å². The van der Waals surface area contributed by atoms with Crippen LogP contribution in [0, 0.1) is 0 Å². The molecule has 4 rings (SSSR count). The minimum atomic E-state index is -0.150. The van der Waals surface area contributed by atoms with Crippen molar-refractivity contribution in [2.45, 2.75) is 38.1 Å². The average Bonchev–Trinajstić information content (AvgIpc) is 3.15. The van der Waals surface area contributed by atoms with Gasteiger partial charge in [-0.1, -0.05) is 37.5 Å². The lowest BCUT2D eigenvalue weighted by Gasteiger charge is -2.23. The third-order valence-corrected chi connectivity index (χ3v) is 4.94. The average molecular weight is 346 g/mol. The maximum absolute atomic E-state index is 12.4. The minimum absolute atomic E-state index is 0.150. The number of hydrogen-bond acceptors (Lipinski definition) is 3. The van der Waals surface area contributed by atoms with Gasteiger partial charge in [-0.15, -0.1) is 0 Å². The van der Waals surface area contributed by atoms with Gasteiger partial charge in [0.05, 0.1) is 17.8 Å². The summed E-state index contributed by atoms with van der Waals surface area (Å²) in [5, 5.41) is 8.42. The topological polar surface area (TPSA) is 59.8 Å². The van der Waals surface area contributed by atoms with E-state index in [1.165, 1.54) is 19.3 Å². The molecule has 0 aliphatic heterocycles. The number of carbonyl (C=O) groups excluding carboxylic acids is 1. The van der Waals surface area contributed by atoms with Gasteiger partial charge in [0.15, 0.2) is 0 Å². The van der Waals surface area contributed by atoms with Crippen LogP contribution < -0.4 is 5.32 Å². The fourth-order valence-corrected chi connectivity index (χ4v) is 3.63. The molecule has 0 spiro atoms. The highest BCUT2D eigenvalue weighted by molar-refractivity contribution is 6.02. The molecular weight excluding hydrogens is 324 g/mol. The summed E-state index contributed by atoms with van der Waals surface area (Å²) in [5.41, 5.74) is 1.90. The lowest BCUT2D eigenvalue weighted by atomic mass is 9.96. The summed E-state index contributed by atoms with van der Waals surface area (Å²) in [5.74, 6) is 0.620. The maximum Gasteiger partial charge on any atom is 0.249 e. The molecule has 2 aromatic heterocycles. The first-order chi connectivity index (χ1) is 12.8. The molecule has 1 aromatic carbocycles. The van der Waals surface area contributed by atoms with Gasteiger partial charge in [0.25, 0.3) is 0 Å². The smallest absolute Gasteiger partial charge is 0.249 e. The van der Waals surface area contributed by atoms with Gasteiger partial charge < -0.3 is 5.32 Å². The third-order valence-electron chi connectivity index (χ3n) is 4.94. The van der Waals surface area contributed by atoms with Gasteiger partial charge in [0.2, 0.25) is 5.91 Å². The Morgan fingerprint density at radius 3 is 2.81 bits per heavy atom. The van der Waals surface area contributed by atoms with Crippen LogP contribution in [0.5, 0.6) is 0 Å². The Bertz CT molecular complexity index is 933. The van der Waals surface area contributed by atoms with Crippen molar-refractivity contribution in [2.24, 2.45) is 0 Å². The Labute approximate surface area is 152 Å². The van der Waals surface area contributed by atoms with Crippen LogP contribution in [-0.2, 0) is 4.79 Å². The van der Waals surface area contributed by atoms with E-state index in [0.29, 0.717) is 6.04 Å². The normalized spacial score (nSPS) is 15.5. The lowest BCUT2D eigenvalue weighted by Crippen LogP contribution is -2.19. The highest BCUT2D eigenvalue weighted by atomic mass is 16.1. The standard InChI is InChI=1S/C21H22N4O/c26-21(11-10-16-12-14-22-19-9-5-4-8-18(16)19)24-20-13-15-23-25(20)17-6-2-1-3-7-17/h4-5,8-15,17H,1-3,6-7H2,(H,24,26)/b11-10+. The number of anilines is 1. The molecule has 5 heteroatoms. The number of para-hydroxylation sites is 1. The molecule has 2 heterocycles. The molecule has 0 unspecified atom stereocenters. The number of hydrogen-bond donors (Lipinski definition) is 1. The van der Waals surface area contributed by atoms with Gasteiger partial charge in [-0.3, -0.25) is 9.78 Å². The van der Waals surface area contributed by atoms with Crippen LogP contribution >= 0.6 is 0 Å². The van der Waals surface area contributed by atoms with Crippen molar-refractivity contribution in [3.63, 3.8) is 0 Å².